The number of nitrogens with zero attached hydrogens (tertiary/aromatic N) is 2. The highest BCUT2D eigenvalue weighted by Gasteiger charge is 2.26. The van der Waals surface area contributed by atoms with Crippen LogP contribution in [0.1, 0.15) is 27.2 Å². The van der Waals surface area contributed by atoms with Crippen LogP contribution in [0.5, 0.6) is 0 Å². The number of halogens is 1. The number of rotatable bonds is 2. The van der Waals surface area contributed by atoms with Crippen LogP contribution in [0.15, 0.2) is 57.8 Å². The van der Waals surface area contributed by atoms with Gasteiger partial charge >= 0.3 is 0 Å². The van der Waals surface area contributed by atoms with Crippen molar-refractivity contribution in [2.24, 2.45) is 0 Å². The summed E-state index contributed by atoms with van der Waals surface area (Å²) in [6, 6.07) is 15.2. The van der Waals surface area contributed by atoms with E-state index in [2.05, 4.69) is 25.9 Å². The van der Waals surface area contributed by atoms with E-state index in [1.165, 1.54) is 0 Å². The highest BCUT2D eigenvalue weighted by atomic mass is 79.9. The molecule has 6 heteroatoms. The Bertz CT molecular complexity index is 1070. The second kappa shape index (κ2) is 7.12. The molecule has 4 rings (SSSR count). The Kier molecular flexibility index (Phi) is 4.66. The molecule has 1 aliphatic rings. The second-order valence-corrected chi connectivity index (χ2v) is 7.52. The van der Waals surface area contributed by atoms with Gasteiger partial charge in [0.05, 0.1) is 23.4 Å². The molecule has 0 bridgehead atoms. The van der Waals surface area contributed by atoms with Crippen molar-refractivity contribution in [3.05, 3.63) is 85.7 Å². The molecule has 0 atom stereocenters. The normalized spacial score (nSPS) is 13.3. The molecule has 136 valence electrons. The van der Waals surface area contributed by atoms with E-state index >= 15 is 0 Å². The van der Waals surface area contributed by atoms with Crippen LogP contribution in [0.2, 0.25) is 0 Å². The molecule has 1 aliphatic heterocycles. The third-order valence-corrected chi connectivity index (χ3v) is 5.48. The van der Waals surface area contributed by atoms with E-state index in [1.54, 1.807) is 11.0 Å². The van der Waals surface area contributed by atoms with Crippen LogP contribution in [0.4, 0.5) is 0 Å². The van der Waals surface area contributed by atoms with Gasteiger partial charge in [-0.1, -0.05) is 42.0 Å². The number of amides is 1. The molecule has 1 N–H and O–H groups in total. The molecule has 0 spiro atoms. The number of aryl methyl sites for hydroxylation is 1. The fourth-order valence-electron chi connectivity index (χ4n) is 3.25. The molecule has 0 fully saturated rings. The van der Waals surface area contributed by atoms with Gasteiger partial charge in [0.2, 0.25) is 0 Å². The molecule has 0 aliphatic carbocycles. The van der Waals surface area contributed by atoms with E-state index in [1.807, 2.05) is 49.4 Å². The molecule has 5 nitrogen and oxygen atoms in total. The maximum absolute atomic E-state index is 12.8. The minimum Gasteiger partial charge on any atom is -0.334 e. The van der Waals surface area contributed by atoms with Crippen LogP contribution >= 0.6 is 15.9 Å². The van der Waals surface area contributed by atoms with E-state index in [4.69, 9.17) is 0 Å². The number of fused-ring (bicyclic) bond motifs is 1. The summed E-state index contributed by atoms with van der Waals surface area (Å²) in [6.45, 7) is 2.83. The molecule has 27 heavy (non-hydrogen) atoms. The summed E-state index contributed by atoms with van der Waals surface area (Å²) in [6.07, 6.45) is 0.564. The molecule has 0 saturated carbocycles. The Hall–Kier alpha value is -2.73. The minimum absolute atomic E-state index is 0.0878. The lowest BCUT2D eigenvalue weighted by Gasteiger charge is -2.28. The summed E-state index contributed by atoms with van der Waals surface area (Å²) >= 11 is 3.42. The quantitative estimate of drug-likeness (QED) is 0.682. The standard InChI is InChI=1S/C21H18BrN3O2/c1-13-6-8-14(9-7-13)19-23-18-10-11-25(12-16(18)20(26)24-19)21(27)15-4-2-3-5-17(15)22/h2-9H,10-12H2,1H3,(H,23,24,26). The summed E-state index contributed by atoms with van der Waals surface area (Å²) in [7, 11) is 0. The maximum atomic E-state index is 12.8. The summed E-state index contributed by atoms with van der Waals surface area (Å²) in [5, 5.41) is 0. The number of H-pyrrole nitrogens is 1. The molecule has 1 aromatic heterocycles. The molecule has 3 aromatic rings. The van der Waals surface area contributed by atoms with Crippen LogP contribution in [0, 0.1) is 6.92 Å². The van der Waals surface area contributed by atoms with Crippen molar-refractivity contribution < 1.29 is 4.79 Å². The zero-order chi connectivity index (χ0) is 19.0. The van der Waals surface area contributed by atoms with Gasteiger partial charge in [0.1, 0.15) is 5.82 Å². The van der Waals surface area contributed by atoms with Gasteiger partial charge in [0.15, 0.2) is 0 Å². The van der Waals surface area contributed by atoms with E-state index in [0.29, 0.717) is 29.9 Å². The van der Waals surface area contributed by atoms with Crippen LogP contribution in [-0.4, -0.2) is 27.3 Å². The van der Waals surface area contributed by atoms with Gasteiger partial charge in [-0.2, -0.15) is 0 Å². The van der Waals surface area contributed by atoms with E-state index in [9.17, 15) is 9.59 Å². The van der Waals surface area contributed by atoms with Crippen LogP contribution in [0.3, 0.4) is 0 Å². The van der Waals surface area contributed by atoms with Gasteiger partial charge in [-0.15, -0.1) is 0 Å². The van der Waals surface area contributed by atoms with Gasteiger partial charge in [-0.25, -0.2) is 4.98 Å². The Labute approximate surface area is 165 Å². The predicted octanol–water partition coefficient (Wildman–Crippen LogP) is 3.71. The van der Waals surface area contributed by atoms with E-state index in [-0.39, 0.29) is 18.0 Å². The van der Waals surface area contributed by atoms with Crippen molar-refractivity contribution >= 4 is 21.8 Å². The SMILES string of the molecule is Cc1ccc(-c2nc3c(c(=O)[nH]2)CN(C(=O)c2ccccc2Br)CC3)cc1. The number of hydrogen-bond donors (Lipinski definition) is 1. The summed E-state index contributed by atoms with van der Waals surface area (Å²) < 4.78 is 0.752. The number of nitrogens with one attached hydrogen (secondary N) is 1. The largest absolute Gasteiger partial charge is 0.334 e. The maximum Gasteiger partial charge on any atom is 0.256 e. The zero-order valence-electron chi connectivity index (χ0n) is 14.8. The summed E-state index contributed by atoms with van der Waals surface area (Å²) in [5.74, 6) is 0.486. The van der Waals surface area contributed by atoms with Crippen molar-refractivity contribution in [1.29, 1.82) is 0 Å². The first kappa shape index (κ1) is 17.7. The number of hydrogen-bond acceptors (Lipinski definition) is 3. The van der Waals surface area contributed by atoms with Gasteiger partial charge in [-0.3, -0.25) is 9.59 Å². The number of carbonyl (C=O) groups excluding carboxylic acids is 1. The average molecular weight is 424 g/mol. The Morgan fingerprint density at radius 3 is 2.63 bits per heavy atom. The lowest BCUT2D eigenvalue weighted by Crippen LogP contribution is -2.39. The molecule has 0 radical (unpaired) electrons. The first-order chi connectivity index (χ1) is 13.0. The lowest BCUT2D eigenvalue weighted by molar-refractivity contribution is 0.0731. The first-order valence-electron chi connectivity index (χ1n) is 8.76. The fraction of sp³-hybridized carbons (Fsp3) is 0.190. The highest BCUT2D eigenvalue weighted by Crippen LogP contribution is 2.23. The summed E-state index contributed by atoms with van der Waals surface area (Å²) in [4.78, 5) is 34.7. The average Bonchev–Trinajstić information content (AvgIpc) is 2.68. The highest BCUT2D eigenvalue weighted by molar-refractivity contribution is 9.10. The van der Waals surface area contributed by atoms with Crippen LogP contribution in [0.25, 0.3) is 11.4 Å². The van der Waals surface area contributed by atoms with Crippen molar-refractivity contribution in [3.8, 4) is 11.4 Å². The van der Waals surface area contributed by atoms with Crippen LogP contribution < -0.4 is 5.56 Å². The summed E-state index contributed by atoms with van der Waals surface area (Å²) in [5.41, 5.74) is 3.79. The number of carbonyl (C=O) groups is 1. The second-order valence-electron chi connectivity index (χ2n) is 6.66. The molecule has 2 heterocycles. The van der Waals surface area contributed by atoms with Crippen LogP contribution in [-0.2, 0) is 13.0 Å². The van der Waals surface area contributed by atoms with Gasteiger partial charge in [-0.05, 0) is 35.0 Å². The van der Waals surface area contributed by atoms with Crippen molar-refractivity contribution in [2.75, 3.05) is 6.54 Å². The third-order valence-electron chi connectivity index (χ3n) is 4.79. The molecule has 0 unspecified atom stereocenters. The fourth-order valence-corrected chi connectivity index (χ4v) is 3.71. The smallest absolute Gasteiger partial charge is 0.256 e. The molecule has 1 amide bonds. The van der Waals surface area contributed by atoms with Crippen molar-refractivity contribution in [3.63, 3.8) is 0 Å². The molecule has 2 aromatic carbocycles. The van der Waals surface area contributed by atoms with Gasteiger partial charge < -0.3 is 9.88 Å². The minimum atomic E-state index is -0.180. The lowest BCUT2D eigenvalue weighted by atomic mass is 10.0. The van der Waals surface area contributed by atoms with Gasteiger partial charge in [0.25, 0.3) is 11.5 Å². The Balaban J connectivity index is 1.64. The Morgan fingerprint density at radius 1 is 1.15 bits per heavy atom. The predicted molar refractivity (Wildman–Crippen MR) is 108 cm³/mol. The molecule has 0 saturated heterocycles. The third kappa shape index (κ3) is 3.45. The van der Waals surface area contributed by atoms with Gasteiger partial charge in [0, 0.05) is 23.0 Å². The van der Waals surface area contributed by atoms with Crippen molar-refractivity contribution in [1.82, 2.24) is 14.9 Å². The monoisotopic (exact) mass is 423 g/mol. The number of aromatic amines is 1. The first-order valence-corrected chi connectivity index (χ1v) is 9.55. The number of benzene rings is 2. The topological polar surface area (TPSA) is 66.1 Å². The van der Waals surface area contributed by atoms with Crippen molar-refractivity contribution in [2.45, 2.75) is 19.9 Å². The van der Waals surface area contributed by atoms with E-state index in [0.717, 1.165) is 21.3 Å². The molecular weight excluding hydrogens is 406 g/mol. The zero-order valence-corrected chi connectivity index (χ0v) is 16.4. The Morgan fingerprint density at radius 2 is 1.89 bits per heavy atom. The van der Waals surface area contributed by atoms with E-state index < -0.39 is 0 Å². The molecular formula is C21H18BrN3O2. The number of aromatic nitrogens is 2.